The van der Waals surface area contributed by atoms with Crippen LogP contribution >= 0.6 is 0 Å². The molecule has 0 aromatic carbocycles. The predicted molar refractivity (Wildman–Crippen MR) is 60.5 cm³/mol. The zero-order valence-corrected chi connectivity index (χ0v) is 10.1. The largest absolute Gasteiger partial charge is 0.299 e. The van der Waals surface area contributed by atoms with Crippen molar-refractivity contribution in [2.75, 3.05) is 20.1 Å². The molecule has 0 aromatic heterocycles. The Balaban J connectivity index is 2.07. The number of rotatable bonds is 0. The molecule has 0 amide bonds. The van der Waals surface area contributed by atoms with Gasteiger partial charge in [-0.15, -0.1) is 0 Å². The van der Waals surface area contributed by atoms with Crippen LogP contribution in [0.3, 0.4) is 0 Å². The van der Waals surface area contributed by atoms with E-state index in [1.165, 1.54) is 32.4 Å². The van der Waals surface area contributed by atoms with Crippen molar-refractivity contribution in [2.45, 2.75) is 57.7 Å². The molecule has 82 valence electrons. The van der Waals surface area contributed by atoms with Crippen LogP contribution in [0.1, 0.15) is 40.0 Å². The van der Waals surface area contributed by atoms with Gasteiger partial charge in [-0.2, -0.15) is 0 Å². The van der Waals surface area contributed by atoms with Crippen LogP contribution < -0.4 is 0 Å². The predicted octanol–water partition coefficient (Wildman–Crippen LogP) is 1.95. The fourth-order valence-electron chi connectivity index (χ4n) is 2.92. The van der Waals surface area contributed by atoms with E-state index in [2.05, 4.69) is 37.6 Å². The molecule has 2 heteroatoms. The van der Waals surface area contributed by atoms with Crippen molar-refractivity contribution in [3.63, 3.8) is 0 Å². The highest BCUT2D eigenvalue weighted by atomic mass is 15.3. The van der Waals surface area contributed by atoms with E-state index in [1.54, 1.807) is 0 Å². The Morgan fingerprint density at radius 3 is 2.29 bits per heavy atom. The van der Waals surface area contributed by atoms with Gasteiger partial charge in [0.25, 0.3) is 0 Å². The summed E-state index contributed by atoms with van der Waals surface area (Å²) in [6.07, 6.45) is 4.21. The molecule has 2 atom stereocenters. The number of hydrogen-bond acceptors (Lipinski definition) is 2. The van der Waals surface area contributed by atoms with Gasteiger partial charge in [0.2, 0.25) is 0 Å². The van der Waals surface area contributed by atoms with Crippen LogP contribution in [0.5, 0.6) is 0 Å². The average Bonchev–Trinajstić information content (AvgIpc) is 2.23. The maximum absolute atomic E-state index is 2.66. The first-order valence-corrected chi connectivity index (χ1v) is 5.95. The van der Waals surface area contributed by atoms with E-state index in [0.717, 1.165) is 12.1 Å². The van der Waals surface area contributed by atoms with Crippen molar-refractivity contribution in [3.05, 3.63) is 0 Å². The van der Waals surface area contributed by atoms with Crippen LogP contribution in [0, 0.1) is 0 Å². The molecular formula is C12H24N2. The highest BCUT2D eigenvalue weighted by molar-refractivity contribution is 4.93. The Morgan fingerprint density at radius 1 is 1.00 bits per heavy atom. The second-order valence-corrected chi connectivity index (χ2v) is 5.96. The summed E-state index contributed by atoms with van der Waals surface area (Å²) < 4.78 is 0. The normalized spacial score (nSPS) is 36.0. The Bertz CT molecular complexity index is 207. The quantitative estimate of drug-likeness (QED) is 0.584. The lowest BCUT2D eigenvalue weighted by Gasteiger charge is -2.37. The number of fused-ring (bicyclic) bond motifs is 2. The molecule has 2 unspecified atom stereocenters. The molecule has 2 saturated heterocycles. The van der Waals surface area contributed by atoms with Crippen LogP contribution in [0.15, 0.2) is 0 Å². The molecule has 2 bridgehead atoms. The Morgan fingerprint density at radius 2 is 1.64 bits per heavy atom. The van der Waals surface area contributed by atoms with Gasteiger partial charge in [-0.3, -0.25) is 9.80 Å². The molecule has 0 aliphatic carbocycles. The van der Waals surface area contributed by atoms with E-state index in [9.17, 15) is 0 Å². The van der Waals surface area contributed by atoms with Gasteiger partial charge in [-0.05, 0) is 47.1 Å². The van der Waals surface area contributed by atoms with Crippen molar-refractivity contribution in [1.29, 1.82) is 0 Å². The van der Waals surface area contributed by atoms with Crippen LogP contribution in [0.25, 0.3) is 0 Å². The molecular weight excluding hydrogens is 172 g/mol. The molecule has 2 nitrogen and oxygen atoms in total. The summed E-state index contributed by atoms with van der Waals surface area (Å²) in [7, 11) is 2.31. The van der Waals surface area contributed by atoms with Crippen LogP contribution in [0.2, 0.25) is 0 Å². The fraction of sp³-hybridized carbons (Fsp3) is 1.00. The summed E-state index contributed by atoms with van der Waals surface area (Å²) in [6.45, 7) is 9.58. The number of hydrogen-bond donors (Lipinski definition) is 0. The zero-order chi connectivity index (χ0) is 10.3. The molecule has 0 N–H and O–H groups in total. The molecule has 0 aromatic rings. The molecule has 0 radical (unpaired) electrons. The highest BCUT2D eigenvalue weighted by Gasteiger charge is 2.37. The van der Waals surface area contributed by atoms with E-state index < -0.39 is 0 Å². The Hall–Kier alpha value is -0.0800. The summed E-state index contributed by atoms with van der Waals surface area (Å²) in [5, 5.41) is 0. The molecule has 2 fully saturated rings. The first-order chi connectivity index (χ1) is 6.48. The van der Waals surface area contributed by atoms with Gasteiger partial charge in [-0.25, -0.2) is 0 Å². The maximum atomic E-state index is 2.66. The zero-order valence-electron chi connectivity index (χ0n) is 10.1. The van der Waals surface area contributed by atoms with Gasteiger partial charge in [-0.1, -0.05) is 0 Å². The second-order valence-electron chi connectivity index (χ2n) is 5.96. The van der Waals surface area contributed by atoms with Crippen molar-refractivity contribution in [1.82, 2.24) is 9.80 Å². The first-order valence-electron chi connectivity index (χ1n) is 5.95. The highest BCUT2D eigenvalue weighted by Crippen LogP contribution is 2.30. The number of likely N-dealkylation sites (tertiary alicyclic amines) is 1. The summed E-state index contributed by atoms with van der Waals surface area (Å²) >= 11 is 0. The molecule has 2 aliphatic heterocycles. The molecule has 2 heterocycles. The van der Waals surface area contributed by atoms with Crippen molar-refractivity contribution < 1.29 is 0 Å². The topological polar surface area (TPSA) is 6.48 Å². The first kappa shape index (κ1) is 10.4. The Kier molecular flexibility index (Phi) is 2.61. The summed E-state index contributed by atoms with van der Waals surface area (Å²) in [4.78, 5) is 5.28. The summed E-state index contributed by atoms with van der Waals surface area (Å²) in [6, 6.07) is 1.69. The smallest absolute Gasteiger partial charge is 0.0223 e. The molecule has 0 saturated carbocycles. The second kappa shape index (κ2) is 3.49. The van der Waals surface area contributed by atoms with Gasteiger partial charge in [0.1, 0.15) is 0 Å². The van der Waals surface area contributed by atoms with Gasteiger partial charge in [0.15, 0.2) is 0 Å². The fourth-order valence-corrected chi connectivity index (χ4v) is 2.92. The molecule has 14 heavy (non-hydrogen) atoms. The van der Waals surface area contributed by atoms with E-state index in [-0.39, 0.29) is 0 Å². The van der Waals surface area contributed by atoms with Gasteiger partial charge in [0, 0.05) is 30.7 Å². The minimum atomic E-state index is 0.353. The van der Waals surface area contributed by atoms with E-state index in [4.69, 9.17) is 0 Å². The van der Waals surface area contributed by atoms with E-state index in [1.807, 2.05) is 0 Å². The van der Waals surface area contributed by atoms with Gasteiger partial charge < -0.3 is 0 Å². The van der Waals surface area contributed by atoms with Gasteiger partial charge in [0.05, 0.1) is 0 Å². The van der Waals surface area contributed by atoms with Crippen LogP contribution in [-0.4, -0.2) is 47.6 Å². The van der Waals surface area contributed by atoms with Crippen LogP contribution in [-0.2, 0) is 0 Å². The van der Waals surface area contributed by atoms with Gasteiger partial charge >= 0.3 is 0 Å². The summed E-state index contributed by atoms with van der Waals surface area (Å²) in [5.41, 5.74) is 0.353. The lowest BCUT2D eigenvalue weighted by atomic mass is 10.0. The van der Waals surface area contributed by atoms with Crippen molar-refractivity contribution >= 4 is 0 Å². The van der Waals surface area contributed by atoms with E-state index in [0.29, 0.717) is 5.54 Å². The third kappa shape index (κ3) is 1.82. The average molecular weight is 196 g/mol. The number of likely N-dealkylation sites (N-methyl/N-ethyl adjacent to an activating group) is 1. The van der Waals surface area contributed by atoms with Crippen molar-refractivity contribution in [2.24, 2.45) is 0 Å². The van der Waals surface area contributed by atoms with Crippen LogP contribution in [0.4, 0.5) is 0 Å². The lowest BCUT2D eigenvalue weighted by Crippen LogP contribution is -2.46. The molecule has 0 spiro atoms. The monoisotopic (exact) mass is 196 g/mol. The standard InChI is InChI=1S/C12H24N2/c1-12(2,3)14-8-7-10-5-6-11(9-14)13(10)4/h10-11H,5-9H2,1-4H3. The third-order valence-electron chi connectivity index (χ3n) is 4.10. The third-order valence-corrected chi connectivity index (χ3v) is 4.10. The van der Waals surface area contributed by atoms with E-state index >= 15 is 0 Å². The maximum Gasteiger partial charge on any atom is 0.0223 e. The Labute approximate surface area is 88.3 Å². The SMILES string of the molecule is CN1C2CCC1CN(C(C)(C)C)CC2. The van der Waals surface area contributed by atoms with Crippen molar-refractivity contribution in [3.8, 4) is 0 Å². The minimum absolute atomic E-state index is 0.353. The number of nitrogens with zero attached hydrogens (tertiary/aromatic N) is 2. The summed E-state index contributed by atoms with van der Waals surface area (Å²) in [5.74, 6) is 0. The molecule has 2 aliphatic rings. The minimum Gasteiger partial charge on any atom is -0.299 e. The lowest BCUT2D eigenvalue weighted by molar-refractivity contribution is 0.121. The molecule has 2 rings (SSSR count).